The fourth-order valence-corrected chi connectivity index (χ4v) is 4.99. The van der Waals surface area contributed by atoms with Crippen LogP contribution in [0.15, 0.2) is 17.0 Å². The molecule has 0 atom stereocenters. The van der Waals surface area contributed by atoms with Gasteiger partial charge in [-0.15, -0.1) is 0 Å². The number of nitrogens with zero attached hydrogens (tertiary/aromatic N) is 2. The molecule has 1 saturated carbocycles. The smallest absolute Gasteiger partial charge is 0.244 e. The Labute approximate surface area is 130 Å². The lowest BCUT2D eigenvalue weighted by molar-refractivity contribution is -0.134. The van der Waals surface area contributed by atoms with E-state index in [2.05, 4.69) is 4.98 Å². The third kappa shape index (κ3) is 2.52. The summed E-state index contributed by atoms with van der Waals surface area (Å²) in [5.74, 6) is 0.702. The van der Waals surface area contributed by atoms with Crippen molar-refractivity contribution in [2.24, 2.45) is 5.41 Å². The highest BCUT2D eigenvalue weighted by Crippen LogP contribution is 2.47. The number of sulfonamides is 1. The van der Waals surface area contributed by atoms with Crippen molar-refractivity contribution in [3.63, 3.8) is 0 Å². The van der Waals surface area contributed by atoms with Gasteiger partial charge >= 0.3 is 0 Å². The molecule has 0 amide bonds. The number of methoxy groups -OCH3 is 1. The molecule has 0 radical (unpaired) electrons. The van der Waals surface area contributed by atoms with Crippen molar-refractivity contribution in [2.45, 2.75) is 37.5 Å². The Morgan fingerprint density at radius 1 is 1.23 bits per heavy atom. The predicted octanol–water partition coefficient (Wildman–Crippen LogP) is 1.53. The van der Waals surface area contributed by atoms with Crippen LogP contribution in [0.5, 0.6) is 5.88 Å². The van der Waals surface area contributed by atoms with E-state index in [4.69, 9.17) is 4.74 Å². The molecule has 2 heterocycles. The highest BCUT2D eigenvalue weighted by Gasteiger charge is 2.46. The van der Waals surface area contributed by atoms with Crippen molar-refractivity contribution in [1.82, 2.24) is 9.29 Å². The molecule has 3 rings (SSSR count). The molecular formula is C15H20N2O4S. The zero-order chi connectivity index (χ0) is 16.0. The summed E-state index contributed by atoms with van der Waals surface area (Å²) in [6, 6.07) is 3.11. The number of rotatable bonds is 3. The molecular weight excluding hydrogens is 304 g/mol. The summed E-state index contributed by atoms with van der Waals surface area (Å²) in [4.78, 5) is 15.6. The molecule has 22 heavy (non-hydrogen) atoms. The number of ketones is 1. The normalized spacial score (nSPS) is 21.6. The molecule has 1 aliphatic carbocycles. The van der Waals surface area contributed by atoms with Crippen LogP contribution in [0.2, 0.25) is 0 Å². The number of aromatic nitrogens is 1. The van der Waals surface area contributed by atoms with Gasteiger partial charge in [0, 0.05) is 32.0 Å². The van der Waals surface area contributed by atoms with E-state index < -0.39 is 10.0 Å². The minimum absolute atomic E-state index is 0.0658. The maximum Gasteiger partial charge on any atom is 0.244 e. The molecule has 6 nitrogen and oxygen atoms in total. The van der Waals surface area contributed by atoms with E-state index in [1.807, 2.05) is 0 Å². The minimum atomic E-state index is -3.54. The van der Waals surface area contributed by atoms with Crippen molar-refractivity contribution < 1.29 is 17.9 Å². The van der Waals surface area contributed by atoms with E-state index >= 15 is 0 Å². The third-order valence-electron chi connectivity index (χ3n) is 4.77. The van der Waals surface area contributed by atoms with Gasteiger partial charge in [0.15, 0.2) is 0 Å². The molecule has 1 aromatic heterocycles. The zero-order valence-electron chi connectivity index (χ0n) is 12.8. The van der Waals surface area contributed by atoms with Crippen molar-refractivity contribution in [3.05, 3.63) is 17.8 Å². The molecule has 1 aliphatic heterocycles. The number of hydrogen-bond acceptors (Lipinski definition) is 5. The second-order valence-electron chi connectivity index (χ2n) is 6.23. The number of pyridine rings is 1. The summed E-state index contributed by atoms with van der Waals surface area (Å²) < 4.78 is 32.1. The first-order valence-electron chi connectivity index (χ1n) is 7.40. The van der Waals surface area contributed by atoms with E-state index in [1.165, 1.54) is 11.4 Å². The van der Waals surface area contributed by atoms with Crippen LogP contribution in [-0.4, -0.2) is 43.7 Å². The van der Waals surface area contributed by atoms with Crippen molar-refractivity contribution in [2.75, 3.05) is 20.2 Å². The maximum atomic E-state index is 12.8. The molecule has 1 aromatic rings. The Hall–Kier alpha value is -1.47. The molecule has 1 spiro atoms. The summed E-state index contributed by atoms with van der Waals surface area (Å²) >= 11 is 0. The first-order chi connectivity index (χ1) is 10.4. The van der Waals surface area contributed by atoms with Crippen molar-refractivity contribution in [3.8, 4) is 5.88 Å². The first kappa shape index (κ1) is 15.4. The molecule has 0 aromatic carbocycles. The minimum Gasteiger partial charge on any atom is -0.481 e. The van der Waals surface area contributed by atoms with Crippen molar-refractivity contribution >= 4 is 15.8 Å². The van der Waals surface area contributed by atoms with Gasteiger partial charge < -0.3 is 4.74 Å². The SMILES string of the molecule is COc1ccc(S(=O)(=O)N2CCC3(CC2)CC(=O)C3)c(C)n1. The first-order valence-corrected chi connectivity index (χ1v) is 8.84. The van der Waals surface area contributed by atoms with Crippen LogP contribution < -0.4 is 4.74 Å². The van der Waals surface area contributed by atoms with Crippen LogP contribution in [0.1, 0.15) is 31.4 Å². The topological polar surface area (TPSA) is 76.6 Å². The lowest BCUT2D eigenvalue weighted by Gasteiger charge is -2.46. The van der Waals surface area contributed by atoms with Crippen molar-refractivity contribution in [1.29, 1.82) is 0 Å². The van der Waals surface area contributed by atoms with Gasteiger partial charge in [-0.3, -0.25) is 4.79 Å². The van der Waals surface area contributed by atoms with E-state index in [-0.39, 0.29) is 10.3 Å². The Morgan fingerprint density at radius 2 is 1.86 bits per heavy atom. The Bertz CT molecular complexity index is 696. The average molecular weight is 324 g/mol. The second-order valence-corrected chi connectivity index (χ2v) is 8.14. The van der Waals surface area contributed by atoms with Crippen LogP contribution in [0.25, 0.3) is 0 Å². The van der Waals surface area contributed by atoms with Gasteiger partial charge in [0.05, 0.1) is 12.8 Å². The molecule has 0 bridgehead atoms. The van der Waals surface area contributed by atoms with Crippen LogP contribution in [0.4, 0.5) is 0 Å². The quantitative estimate of drug-likeness (QED) is 0.843. The van der Waals surface area contributed by atoms with Crippen LogP contribution >= 0.6 is 0 Å². The van der Waals surface area contributed by atoms with Gasteiger partial charge in [-0.25, -0.2) is 13.4 Å². The summed E-state index contributed by atoms with van der Waals surface area (Å²) in [7, 11) is -2.04. The van der Waals surface area contributed by atoms with Crippen LogP contribution in [-0.2, 0) is 14.8 Å². The fourth-order valence-electron chi connectivity index (χ4n) is 3.39. The third-order valence-corrected chi connectivity index (χ3v) is 6.80. The number of piperidine rings is 1. The van der Waals surface area contributed by atoms with Gasteiger partial charge in [-0.2, -0.15) is 4.31 Å². The number of carbonyl (C=O) groups is 1. The number of ether oxygens (including phenoxy) is 1. The van der Waals surface area contributed by atoms with Gasteiger partial charge in [-0.1, -0.05) is 0 Å². The molecule has 2 aliphatic rings. The Balaban J connectivity index is 1.78. The lowest BCUT2D eigenvalue weighted by Crippen LogP contribution is -2.49. The van der Waals surface area contributed by atoms with E-state index in [0.717, 1.165) is 12.8 Å². The molecule has 120 valence electrons. The molecule has 0 N–H and O–H groups in total. The number of aryl methyl sites for hydroxylation is 1. The van der Waals surface area contributed by atoms with Gasteiger partial charge in [-0.05, 0) is 31.2 Å². The summed E-state index contributed by atoms with van der Waals surface area (Å²) in [6.45, 7) is 2.62. The van der Waals surface area contributed by atoms with E-state index in [1.54, 1.807) is 19.1 Å². The lowest BCUT2D eigenvalue weighted by atomic mass is 9.63. The van der Waals surface area contributed by atoms with Gasteiger partial charge in [0.25, 0.3) is 0 Å². The van der Waals surface area contributed by atoms with E-state index in [0.29, 0.717) is 43.3 Å². The number of carbonyl (C=O) groups excluding carboxylic acids is 1. The Kier molecular flexibility index (Phi) is 3.72. The van der Waals surface area contributed by atoms with Crippen LogP contribution in [0, 0.1) is 12.3 Å². The monoisotopic (exact) mass is 324 g/mol. The maximum absolute atomic E-state index is 12.8. The second kappa shape index (κ2) is 5.31. The zero-order valence-corrected chi connectivity index (χ0v) is 13.6. The number of hydrogen-bond donors (Lipinski definition) is 0. The fraction of sp³-hybridized carbons (Fsp3) is 0.600. The highest BCUT2D eigenvalue weighted by atomic mass is 32.2. The highest BCUT2D eigenvalue weighted by molar-refractivity contribution is 7.89. The number of Topliss-reactive ketones (excluding diaryl/α,β-unsaturated/α-hetero) is 1. The van der Waals surface area contributed by atoms with Gasteiger partial charge in [0.1, 0.15) is 10.7 Å². The summed E-state index contributed by atoms with van der Waals surface area (Å²) in [5, 5.41) is 0. The average Bonchev–Trinajstić information content (AvgIpc) is 2.46. The summed E-state index contributed by atoms with van der Waals surface area (Å²) in [5.41, 5.74) is 0.509. The molecule has 1 saturated heterocycles. The molecule has 7 heteroatoms. The molecule has 0 unspecified atom stereocenters. The molecule has 2 fully saturated rings. The van der Waals surface area contributed by atoms with Crippen LogP contribution in [0.3, 0.4) is 0 Å². The predicted molar refractivity (Wildman–Crippen MR) is 80.2 cm³/mol. The standard InChI is InChI=1S/C15H20N2O4S/c1-11-13(3-4-14(16-11)21-2)22(19,20)17-7-5-15(6-8-17)9-12(18)10-15/h3-4H,5-10H2,1-2H3. The summed E-state index contributed by atoms with van der Waals surface area (Å²) in [6.07, 6.45) is 2.76. The van der Waals surface area contributed by atoms with E-state index in [9.17, 15) is 13.2 Å². The Morgan fingerprint density at radius 3 is 2.36 bits per heavy atom. The van der Waals surface area contributed by atoms with Gasteiger partial charge in [0.2, 0.25) is 15.9 Å². The largest absolute Gasteiger partial charge is 0.481 e.